The molecular formula is C9H8N4O5S2. The van der Waals surface area contributed by atoms with Gasteiger partial charge in [0.1, 0.15) is 11.3 Å². The lowest BCUT2D eigenvalue weighted by Crippen LogP contribution is -2.14. The smallest absolute Gasteiger partial charge is 0.341 e. The summed E-state index contributed by atoms with van der Waals surface area (Å²) in [5.74, 6) is -1.23. The number of rotatable bonds is 4. The third-order valence-electron chi connectivity index (χ3n) is 2.20. The van der Waals surface area contributed by atoms with Crippen molar-refractivity contribution in [1.29, 1.82) is 0 Å². The topological polar surface area (TPSA) is 131 Å². The number of phenols is 1. The van der Waals surface area contributed by atoms with Crippen molar-refractivity contribution >= 4 is 32.7 Å². The van der Waals surface area contributed by atoms with Crippen molar-refractivity contribution in [1.82, 2.24) is 14.8 Å². The van der Waals surface area contributed by atoms with Crippen molar-refractivity contribution < 1.29 is 23.1 Å². The zero-order valence-electron chi connectivity index (χ0n) is 9.97. The SMILES string of the molecule is COC(=O)c1cc(S(=O)(=O)Nc2nnns2)ccc1O. The van der Waals surface area contributed by atoms with E-state index in [1.807, 2.05) is 0 Å². The van der Waals surface area contributed by atoms with Gasteiger partial charge in [0.2, 0.25) is 5.13 Å². The molecule has 0 saturated heterocycles. The van der Waals surface area contributed by atoms with Crippen molar-refractivity contribution in [3.63, 3.8) is 0 Å². The summed E-state index contributed by atoms with van der Waals surface area (Å²) in [6, 6.07) is 3.22. The number of benzene rings is 1. The minimum atomic E-state index is -3.97. The molecule has 11 heteroatoms. The standard InChI is InChI=1S/C9H8N4O5S2/c1-18-8(15)6-4-5(2-3-7(6)14)20(16,17)11-9-10-12-13-19-9/h2-4,14H,1H3,(H,10,11,13). The molecule has 2 rings (SSSR count). The van der Waals surface area contributed by atoms with E-state index in [1.165, 1.54) is 0 Å². The number of aromatic nitrogens is 3. The number of carbonyl (C=O) groups is 1. The molecule has 0 spiro atoms. The van der Waals surface area contributed by atoms with Crippen LogP contribution in [0.15, 0.2) is 23.1 Å². The quantitative estimate of drug-likeness (QED) is 0.766. The summed E-state index contributed by atoms with van der Waals surface area (Å²) in [6.45, 7) is 0. The molecule has 0 aliphatic heterocycles. The van der Waals surface area contributed by atoms with Crippen LogP contribution in [0.25, 0.3) is 0 Å². The first-order valence-corrected chi connectivity index (χ1v) is 7.29. The van der Waals surface area contributed by atoms with Crippen molar-refractivity contribution in [2.24, 2.45) is 0 Å². The molecule has 20 heavy (non-hydrogen) atoms. The van der Waals surface area contributed by atoms with E-state index < -0.39 is 16.0 Å². The zero-order valence-corrected chi connectivity index (χ0v) is 11.6. The number of hydrogen-bond acceptors (Lipinski definition) is 9. The molecule has 0 amide bonds. The molecule has 1 aromatic carbocycles. The van der Waals surface area contributed by atoms with Gasteiger partial charge in [-0.3, -0.25) is 4.72 Å². The highest BCUT2D eigenvalue weighted by atomic mass is 32.2. The van der Waals surface area contributed by atoms with Crippen LogP contribution in [-0.2, 0) is 14.8 Å². The number of ether oxygens (including phenoxy) is 1. The van der Waals surface area contributed by atoms with Crippen molar-refractivity contribution in [3.05, 3.63) is 23.8 Å². The second-order valence-corrected chi connectivity index (χ2v) is 5.86. The molecule has 0 unspecified atom stereocenters. The van der Waals surface area contributed by atoms with Gasteiger partial charge in [0.25, 0.3) is 10.0 Å². The largest absolute Gasteiger partial charge is 0.507 e. The highest BCUT2D eigenvalue weighted by Crippen LogP contribution is 2.23. The number of esters is 1. The van der Waals surface area contributed by atoms with E-state index in [4.69, 9.17) is 0 Å². The Bertz CT molecular complexity index is 729. The Morgan fingerprint density at radius 2 is 2.20 bits per heavy atom. The predicted molar refractivity (Wildman–Crippen MR) is 68.0 cm³/mol. The van der Waals surface area contributed by atoms with E-state index in [-0.39, 0.29) is 21.3 Å². The number of aromatic hydroxyl groups is 1. The first-order chi connectivity index (χ1) is 9.44. The molecule has 0 saturated carbocycles. The van der Waals surface area contributed by atoms with Gasteiger partial charge in [-0.15, -0.1) is 0 Å². The van der Waals surface area contributed by atoms with E-state index in [9.17, 15) is 18.3 Å². The van der Waals surface area contributed by atoms with Gasteiger partial charge in [-0.1, -0.05) is 9.59 Å². The first-order valence-electron chi connectivity index (χ1n) is 5.03. The summed E-state index contributed by atoms with van der Waals surface area (Å²) < 4.78 is 34.1. The van der Waals surface area contributed by atoms with Crippen LogP contribution in [0, 0.1) is 0 Å². The fourth-order valence-corrected chi connectivity index (χ4v) is 2.91. The van der Waals surface area contributed by atoms with Crippen LogP contribution in [0.1, 0.15) is 10.4 Å². The van der Waals surface area contributed by atoms with Gasteiger partial charge in [0.15, 0.2) is 0 Å². The van der Waals surface area contributed by atoms with Crippen LogP contribution in [0.4, 0.5) is 5.13 Å². The van der Waals surface area contributed by atoms with Gasteiger partial charge in [-0.2, -0.15) is 0 Å². The lowest BCUT2D eigenvalue weighted by Gasteiger charge is -2.07. The molecule has 0 bridgehead atoms. The van der Waals surface area contributed by atoms with Gasteiger partial charge < -0.3 is 9.84 Å². The average Bonchev–Trinajstić information content (AvgIpc) is 2.90. The summed E-state index contributed by atoms with van der Waals surface area (Å²) in [7, 11) is -2.85. The summed E-state index contributed by atoms with van der Waals surface area (Å²) in [5.41, 5.74) is -0.259. The Morgan fingerprint density at radius 3 is 2.80 bits per heavy atom. The van der Waals surface area contributed by atoms with Crippen LogP contribution in [0.2, 0.25) is 0 Å². The fourth-order valence-electron chi connectivity index (χ4n) is 1.30. The van der Waals surface area contributed by atoms with Crippen molar-refractivity contribution in [2.45, 2.75) is 4.90 Å². The van der Waals surface area contributed by atoms with Gasteiger partial charge in [-0.25, -0.2) is 13.2 Å². The number of methoxy groups -OCH3 is 1. The third-order valence-corrected chi connectivity index (χ3v) is 4.18. The normalized spacial score (nSPS) is 11.1. The molecule has 0 aliphatic rings. The van der Waals surface area contributed by atoms with Gasteiger partial charge in [0, 0.05) is 11.5 Å². The van der Waals surface area contributed by atoms with Crippen LogP contribution in [0.3, 0.4) is 0 Å². The van der Waals surface area contributed by atoms with Crippen molar-refractivity contribution in [3.8, 4) is 5.75 Å². The highest BCUT2D eigenvalue weighted by Gasteiger charge is 2.20. The van der Waals surface area contributed by atoms with E-state index in [1.54, 1.807) is 0 Å². The predicted octanol–water partition coefficient (Wildman–Crippen LogP) is 0.226. The Kier molecular flexibility index (Phi) is 3.81. The molecular weight excluding hydrogens is 308 g/mol. The number of phenolic OH excluding ortho intramolecular Hbond substituents is 1. The van der Waals surface area contributed by atoms with E-state index in [0.717, 1.165) is 36.8 Å². The van der Waals surface area contributed by atoms with Gasteiger partial charge >= 0.3 is 5.97 Å². The second kappa shape index (κ2) is 5.38. The number of nitrogens with one attached hydrogen (secondary N) is 1. The minimum absolute atomic E-state index is 0.0160. The van der Waals surface area contributed by atoms with Crippen molar-refractivity contribution in [2.75, 3.05) is 11.8 Å². The van der Waals surface area contributed by atoms with E-state index in [0.29, 0.717) is 0 Å². The van der Waals surface area contributed by atoms with Crippen LogP contribution in [0.5, 0.6) is 5.75 Å². The maximum Gasteiger partial charge on any atom is 0.341 e. The Labute approximate surface area is 117 Å². The average molecular weight is 316 g/mol. The maximum atomic E-state index is 12.0. The van der Waals surface area contributed by atoms with Gasteiger partial charge in [-0.05, 0) is 23.4 Å². The minimum Gasteiger partial charge on any atom is -0.507 e. The zero-order chi connectivity index (χ0) is 14.8. The van der Waals surface area contributed by atoms with Crippen LogP contribution < -0.4 is 4.72 Å². The summed E-state index contributed by atoms with van der Waals surface area (Å²) in [6.07, 6.45) is 0. The second-order valence-electron chi connectivity index (χ2n) is 3.44. The molecule has 1 heterocycles. The maximum absolute atomic E-state index is 12.0. The molecule has 2 aromatic rings. The number of sulfonamides is 1. The summed E-state index contributed by atoms with van der Waals surface area (Å²) >= 11 is 0.759. The number of hydrogen-bond donors (Lipinski definition) is 2. The lowest BCUT2D eigenvalue weighted by atomic mass is 10.2. The molecule has 2 N–H and O–H groups in total. The van der Waals surface area contributed by atoms with Crippen LogP contribution >= 0.6 is 11.5 Å². The third kappa shape index (κ3) is 2.83. The molecule has 0 fully saturated rings. The number of carbonyl (C=O) groups excluding carboxylic acids is 1. The summed E-state index contributed by atoms with van der Waals surface area (Å²) in [5, 5.41) is 16.2. The van der Waals surface area contributed by atoms with Gasteiger partial charge in [0.05, 0.1) is 12.0 Å². The van der Waals surface area contributed by atoms with E-state index >= 15 is 0 Å². The Hall–Kier alpha value is -2.27. The summed E-state index contributed by atoms with van der Waals surface area (Å²) in [4.78, 5) is 11.2. The molecule has 106 valence electrons. The number of nitrogens with zero attached hydrogens (tertiary/aromatic N) is 3. The highest BCUT2D eigenvalue weighted by molar-refractivity contribution is 7.93. The molecule has 9 nitrogen and oxygen atoms in total. The fraction of sp³-hybridized carbons (Fsp3) is 0.111. The van der Waals surface area contributed by atoms with E-state index in [2.05, 4.69) is 24.3 Å². The first kappa shape index (κ1) is 14.1. The Balaban J connectivity index is 2.40. The lowest BCUT2D eigenvalue weighted by molar-refractivity contribution is 0.0597. The monoisotopic (exact) mass is 316 g/mol. The van der Waals surface area contributed by atoms with Crippen LogP contribution in [-0.4, -0.2) is 41.4 Å². The molecule has 0 atom stereocenters. The molecule has 0 aliphatic carbocycles. The molecule has 1 aromatic heterocycles. The Morgan fingerprint density at radius 1 is 1.45 bits per heavy atom. The molecule has 0 radical (unpaired) electrons. The number of anilines is 1.